The summed E-state index contributed by atoms with van der Waals surface area (Å²) < 4.78 is 11.0. The Bertz CT molecular complexity index is 791. The fourth-order valence-electron chi connectivity index (χ4n) is 9.00. The molecule has 0 radical (unpaired) electrons. The number of Topliss-reactive ketones (excluding diaryl/α,β-unsaturated/α-hetero) is 1. The molecule has 4 aliphatic rings. The Labute approximate surface area is 206 Å². The van der Waals surface area contributed by atoms with Crippen molar-refractivity contribution < 1.29 is 23.9 Å². The van der Waals surface area contributed by atoms with Gasteiger partial charge in [-0.15, -0.1) is 0 Å². The van der Waals surface area contributed by atoms with Crippen molar-refractivity contribution in [3.8, 4) is 0 Å². The predicted octanol–water partition coefficient (Wildman–Crippen LogP) is 6.13. The van der Waals surface area contributed by atoms with Gasteiger partial charge in [0.15, 0.2) is 0 Å². The van der Waals surface area contributed by atoms with E-state index in [4.69, 9.17) is 9.47 Å². The Morgan fingerprint density at radius 3 is 2.32 bits per heavy atom. The van der Waals surface area contributed by atoms with Gasteiger partial charge in [0.25, 0.3) is 0 Å². The standard InChI is InChI=1S/C29H46O5/c1-18(7-6-16-33-20(3)31)27(32)34-22-12-14-28(4)21(17-22)8-9-23-25-11-10-24(19(2)30)29(25,5)15-13-26(23)28/h18,21-26H,6-17H2,1-5H3/t18?,21-,22+,23-,24+,25-,26-,28-,29+/m0/s1. The Morgan fingerprint density at radius 2 is 1.62 bits per heavy atom. The quantitative estimate of drug-likeness (QED) is 0.328. The number of carbonyl (C=O) groups is 3. The van der Waals surface area contributed by atoms with E-state index in [0.717, 1.165) is 37.5 Å². The van der Waals surface area contributed by atoms with Crippen LogP contribution < -0.4 is 0 Å². The molecule has 192 valence electrons. The lowest BCUT2D eigenvalue weighted by Gasteiger charge is -2.61. The molecule has 0 aromatic heterocycles. The second-order valence-corrected chi connectivity index (χ2v) is 12.7. The van der Waals surface area contributed by atoms with Crippen LogP contribution in [0.4, 0.5) is 0 Å². The largest absolute Gasteiger partial charge is 0.466 e. The van der Waals surface area contributed by atoms with E-state index < -0.39 is 0 Å². The number of hydrogen-bond donors (Lipinski definition) is 0. The fourth-order valence-corrected chi connectivity index (χ4v) is 9.00. The highest BCUT2D eigenvalue weighted by molar-refractivity contribution is 5.79. The van der Waals surface area contributed by atoms with Gasteiger partial charge in [-0.2, -0.15) is 0 Å². The van der Waals surface area contributed by atoms with Gasteiger partial charge >= 0.3 is 11.9 Å². The normalized spacial score (nSPS) is 42.0. The molecule has 0 aliphatic heterocycles. The van der Waals surface area contributed by atoms with E-state index >= 15 is 0 Å². The highest BCUT2D eigenvalue weighted by Crippen LogP contribution is 2.67. The van der Waals surface area contributed by atoms with Crippen molar-refractivity contribution in [2.75, 3.05) is 6.61 Å². The first-order valence-electron chi connectivity index (χ1n) is 13.9. The molecule has 34 heavy (non-hydrogen) atoms. The molecule has 0 aromatic carbocycles. The monoisotopic (exact) mass is 474 g/mol. The van der Waals surface area contributed by atoms with Gasteiger partial charge in [0.05, 0.1) is 12.5 Å². The predicted molar refractivity (Wildman–Crippen MR) is 131 cm³/mol. The molecule has 1 unspecified atom stereocenters. The lowest BCUT2D eigenvalue weighted by molar-refractivity contribution is -0.166. The van der Waals surface area contributed by atoms with E-state index in [1.807, 2.05) is 13.8 Å². The molecule has 0 aromatic rings. The molecule has 5 nitrogen and oxygen atoms in total. The first-order valence-corrected chi connectivity index (χ1v) is 13.9. The van der Waals surface area contributed by atoms with Gasteiger partial charge in [-0.1, -0.05) is 20.8 Å². The van der Waals surface area contributed by atoms with Crippen molar-refractivity contribution in [2.45, 2.75) is 111 Å². The number of rotatable bonds is 7. The summed E-state index contributed by atoms with van der Waals surface area (Å²) in [4.78, 5) is 36.0. The smallest absolute Gasteiger partial charge is 0.308 e. The molecule has 0 amide bonds. The first-order chi connectivity index (χ1) is 16.1. The summed E-state index contributed by atoms with van der Waals surface area (Å²) in [6.45, 7) is 10.5. The highest BCUT2D eigenvalue weighted by Gasteiger charge is 2.60. The lowest BCUT2D eigenvalue weighted by Crippen LogP contribution is -2.54. The van der Waals surface area contributed by atoms with Gasteiger partial charge in [-0.3, -0.25) is 14.4 Å². The molecule has 4 saturated carbocycles. The molecule has 0 bridgehead atoms. The van der Waals surface area contributed by atoms with Crippen LogP contribution in [0.5, 0.6) is 0 Å². The second kappa shape index (κ2) is 9.93. The van der Waals surface area contributed by atoms with Crippen molar-refractivity contribution in [3.63, 3.8) is 0 Å². The summed E-state index contributed by atoms with van der Waals surface area (Å²) >= 11 is 0. The third kappa shape index (κ3) is 4.69. The van der Waals surface area contributed by atoms with E-state index in [1.165, 1.54) is 39.0 Å². The maximum absolute atomic E-state index is 12.7. The summed E-state index contributed by atoms with van der Waals surface area (Å²) in [6.07, 6.45) is 11.9. The minimum Gasteiger partial charge on any atom is -0.466 e. The molecule has 4 aliphatic carbocycles. The molecule has 0 spiro atoms. The molecule has 4 fully saturated rings. The summed E-state index contributed by atoms with van der Waals surface area (Å²) in [6, 6.07) is 0. The first kappa shape index (κ1) is 25.7. The number of fused-ring (bicyclic) bond motifs is 5. The molecule has 0 N–H and O–H groups in total. The summed E-state index contributed by atoms with van der Waals surface area (Å²) in [5.41, 5.74) is 0.561. The maximum atomic E-state index is 12.7. The zero-order chi connectivity index (χ0) is 24.7. The molecular formula is C29H46O5. The fraction of sp³-hybridized carbons (Fsp3) is 0.897. The van der Waals surface area contributed by atoms with Crippen LogP contribution in [-0.4, -0.2) is 30.4 Å². The van der Waals surface area contributed by atoms with E-state index in [2.05, 4.69) is 13.8 Å². The number of ether oxygens (including phenoxy) is 2. The third-order valence-corrected chi connectivity index (χ3v) is 10.9. The number of ketones is 1. The molecular weight excluding hydrogens is 428 g/mol. The van der Waals surface area contributed by atoms with Crippen LogP contribution >= 0.6 is 0 Å². The van der Waals surface area contributed by atoms with E-state index in [9.17, 15) is 14.4 Å². The van der Waals surface area contributed by atoms with Crippen LogP contribution in [0.25, 0.3) is 0 Å². The Hall–Kier alpha value is -1.39. The van der Waals surface area contributed by atoms with Crippen molar-refractivity contribution in [1.29, 1.82) is 0 Å². The van der Waals surface area contributed by atoms with Crippen molar-refractivity contribution in [1.82, 2.24) is 0 Å². The van der Waals surface area contributed by atoms with Crippen LogP contribution in [0.15, 0.2) is 0 Å². The number of hydrogen-bond acceptors (Lipinski definition) is 5. The second-order valence-electron chi connectivity index (χ2n) is 12.7. The van der Waals surface area contributed by atoms with Crippen LogP contribution in [0, 0.1) is 46.3 Å². The van der Waals surface area contributed by atoms with Gasteiger partial charge in [0, 0.05) is 12.8 Å². The molecule has 9 atom stereocenters. The minimum atomic E-state index is -0.274. The summed E-state index contributed by atoms with van der Waals surface area (Å²) in [7, 11) is 0. The summed E-state index contributed by atoms with van der Waals surface area (Å²) in [5, 5.41) is 0. The van der Waals surface area contributed by atoms with Gasteiger partial charge in [0.1, 0.15) is 11.9 Å². The Balaban J connectivity index is 1.33. The van der Waals surface area contributed by atoms with Gasteiger partial charge in [0.2, 0.25) is 0 Å². The van der Waals surface area contributed by atoms with E-state index in [-0.39, 0.29) is 35.3 Å². The average molecular weight is 475 g/mol. The molecule has 4 rings (SSSR count). The van der Waals surface area contributed by atoms with Crippen molar-refractivity contribution in [2.24, 2.45) is 46.3 Å². The Kier molecular flexibility index (Phi) is 7.51. The third-order valence-electron chi connectivity index (χ3n) is 10.9. The molecule has 0 heterocycles. The van der Waals surface area contributed by atoms with Crippen LogP contribution in [-0.2, 0) is 23.9 Å². The van der Waals surface area contributed by atoms with E-state index in [0.29, 0.717) is 42.5 Å². The van der Waals surface area contributed by atoms with Crippen molar-refractivity contribution >= 4 is 17.7 Å². The average Bonchev–Trinajstić information content (AvgIpc) is 3.14. The van der Waals surface area contributed by atoms with E-state index in [1.54, 1.807) is 0 Å². The van der Waals surface area contributed by atoms with Crippen molar-refractivity contribution in [3.05, 3.63) is 0 Å². The van der Waals surface area contributed by atoms with Gasteiger partial charge in [-0.25, -0.2) is 0 Å². The zero-order valence-corrected chi connectivity index (χ0v) is 22.1. The van der Waals surface area contributed by atoms with Crippen LogP contribution in [0.1, 0.15) is 105 Å². The topological polar surface area (TPSA) is 69.7 Å². The van der Waals surface area contributed by atoms with Crippen LogP contribution in [0.2, 0.25) is 0 Å². The highest BCUT2D eigenvalue weighted by atomic mass is 16.5. The Morgan fingerprint density at radius 1 is 0.912 bits per heavy atom. The minimum absolute atomic E-state index is 0.0421. The maximum Gasteiger partial charge on any atom is 0.308 e. The van der Waals surface area contributed by atoms with Gasteiger partial charge < -0.3 is 9.47 Å². The summed E-state index contributed by atoms with van der Waals surface area (Å²) in [5.74, 6) is 3.01. The van der Waals surface area contributed by atoms with Crippen LogP contribution in [0.3, 0.4) is 0 Å². The SMILES string of the molecule is CC(=O)OCCCC(C)C(=O)O[C@@H]1CC[C@@]2(C)[C@@H](CC[C@@H]3[C@@H]2CC[C@]2(C)[C@@H](C(C)=O)CC[C@@H]32)C1. The lowest BCUT2D eigenvalue weighted by atomic mass is 9.44. The number of carbonyl (C=O) groups excluding carboxylic acids is 3. The zero-order valence-electron chi connectivity index (χ0n) is 22.1. The van der Waals surface area contributed by atoms with Gasteiger partial charge in [-0.05, 0) is 112 Å². The number of esters is 2. The molecule has 5 heteroatoms. The molecule has 0 saturated heterocycles.